The highest BCUT2D eigenvalue weighted by atomic mass is 16.5. The van der Waals surface area contributed by atoms with Crippen LogP contribution in [-0.4, -0.2) is 95.7 Å². The number of rotatable bonds is 17. The van der Waals surface area contributed by atoms with E-state index < -0.39 is 29.1 Å². The Hall–Kier alpha value is -3.17. The Labute approximate surface area is 263 Å². The third-order valence-corrected chi connectivity index (χ3v) is 10.0. The first-order chi connectivity index (χ1) is 21.2. The lowest BCUT2D eigenvalue weighted by Crippen LogP contribution is -2.56. The van der Waals surface area contributed by atoms with Crippen LogP contribution in [0.1, 0.15) is 66.2 Å². The highest BCUT2D eigenvalue weighted by molar-refractivity contribution is 6.05. The van der Waals surface area contributed by atoms with Gasteiger partial charge in [0, 0.05) is 57.3 Å². The van der Waals surface area contributed by atoms with E-state index in [1.54, 1.807) is 26.9 Å². The van der Waals surface area contributed by atoms with Gasteiger partial charge in [-0.15, -0.1) is 13.2 Å². The van der Waals surface area contributed by atoms with Crippen molar-refractivity contribution in [2.45, 2.75) is 83.5 Å². The van der Waals surface area contributed by atoms with E-state index in [1.165, 1.54) is 0 Å². The predicted octanol–water partition coefficient (Wildman–Crippen LogP) is 4.40. The molecular weight excluding hydrogens is 556 g/mol. The number of anilines is 2. The first-order valence-corrected chi connectivity index (χ1v) is 16.5. The van der Waals surface area contributed by atoms with Crippen molar-refractivity contribution in [1.29, 1.82) is 0 Å². The number of nitrogens with zero attached hydrogens (tertiary/aromatic N) is 4. The van der Waals surface area contributed by atoms with Gasteiger partial charge in [-0.2, -0.15) is 0 Å². The molecule has 0 aromatic heterocycles. The molecule has 242 valence electrons. The summed E-state index contributed by atoms with van der Waals surface area (Å²) in [7, 11) is 0. The van der Waals surface area contributed by atoms with E-state index >= 15 is 0 Å². The Morgan fingerprint density at radius 3 is 2.23 bits per heavy atom. The number of fused-ring (bicyclic) bond motifs is 1. The summed E-state index contributed by atoms with van der Waals surface area (Å²) in [6, 6.07) is 7.05. The molecule has 9 nitrogen and oxygen atoms in total. The van der Waals surface area contributed by atoms with E-state index in [4.69, 9.17) is 4.74 Å². The summed E-state index contributed by atoms with van der Waals surface area (Å²) in [5, 5.41) is 9.52. The number of aliphatic hydroxyl groups is 1. The van der Waals surface area contributed by atoms with Crippen molar-refractivity contribution >= 4 is 29.1 Å². The van der Waals surface area contributed by atoms with Gasteiger partial charge in [-0.25, -0.2) is 0 Å². The zero-order valence-electron chi connectivity index (χ0n) is 27.2. The molecule has 3 aliphatic rings. The Morgan fingerprint density at radius 1 is 1.00 bits per heavy atom. The van der Waals surface area contributed by atoms with Crippen molar-refractivity contribution < 1.29 is 24.2 Å². The monoisotopic (exact) mass is 608 g/mol. The minimum Gasteiger partial charge on any atom is -0.396 e. The number of amides is 3. The minimum absolute atomic E-state index is 0.000772. The second-order valence-corrected chi connectivity index (χ2v) is 12.3. The maximum atomic E-state index is 14.8. The van der Waals surface area contributed by atoms with Crippen molar-refractivity contribution in [2.75, 3.05) is 55.7 Å². The van der Waals surface area contributed by atoms with E-state index in [0.717, 1.165) is 30.9 Å². The van der Waals surface area contributed by atoms with Gasteiger partial charge in [-0.05, 0) is 76.6 Å². The van der Waals surface area contributed by atoms with E-state index in [1.807, 2.05) is 38.1 Å². The van der Waals surface area contributed by atoms with Crippen LogP contribution >= 0.6 is 0 Å². The van der Waals surface area contributed by atoms with E-state index in [2.05, 4.69) is 31.9 Å². The number of hydrogen-bond donors (Lipinski definition) is 1. The summed E-state index contributed by atoms with van der Waals surface area (Å²) >= 11 is 0. The molecule has 2 bridgehead atoms. The Kier molecular flexibility index (Phi) is 10.9. The van der Waals surface area contributed by atoms with E-state index in [0.29, 0.717) is 51.7 Å². The third-order valence-electron chi connectivity index (χ3n) is 10.0. The molecule has 3 heterocycles. The number of hydrogen-bond acceptors (Lipinski definition) is 6. The van der Waals surface area contributed by atoms with Gasteiger partial charge in [0.15, 0.2) is 0 Å². The maximum Gasteiger partial charge on any atom is 0.253 e. The van der Waals surface area contributed by atoms with Crippen molar-refractivity contribution in [1.82, 2.24) is 9.80 Å². The smallest absolute Gasteiger partial charge is 0.253 e. The first kappa shape index (κ1) is 33.7. The van der Waals surface area contributed by atoms with Crippen LogP contribution in [0.2, 0.25) is 0 Å². The zero-order valence-corrected chi connectivity index (χ0v) is 27.2. The van der Waals surface area contributed by atoms with Crippen LogP contribution in [0, 0.1) is 11.8 Å². The molecular formula is C35H52N4O5. The van der Waals surface area contributed by atoms with Gasteiger partial charge in [-0.3, -0.25) is 14.4 Å². The molecule has 5 atom stereocenters. The topological polar surface area (TPSA) is 93.6 Å². The predicted molar refractivity (Wildman–Crippen MR) is 174 cm³/mol. The molecule has 4 rings (SSSR count). The highest BCUT2D eigenvalue weighted by Crippen LogP contribution is 2.64. The second kappa shape index (κ2) is 14.3. The number of unbranched alkanes of at least 4 members (excludes halogenated alkanes) is 1. The molecule has 1 aromatic rings. The molecule has 9 heteroatoms. The molecule has 1 N–H and O–H groups in total. The van der Waals surface area contributed by atoms with Gasteiger partial charge in [-0.1, -0.05) is 26.0 Å². The standard InChI is InChI=1S/C35H52N4O5/c1-7-21-37(22-8-2)31(41)28-29-32(42)39(24-13-14-25-40)30(35(29)20-19-34(28,10-4)44-35)33(43)38(23-9-3)27-17-15-26(16-18-27)36(11-5)12-6/h7,9,15-18,28-30,40H,1,3,8,10-14,19-25H2,2,4-6H3/t28-,29+,30?,34+,35?/m1/s1. The number of ether oxygens (including phenoxy) is 1. The summed E-state index contributed by atoms with van der Waals surface area (Å²) in [5.74, 6) is -1.92. The van der Waals surface area contributed by atoms with Crippen molar-refractivity contribution in [3.63, 3.8) is 0 Å². The zero-order chi connectivity index (χ0) is 32.1. The molecule has 1 spiro atoms. The average molecular weight is 609 g/mol. The highest BCUT2D eigenvalue weighted by Gasteiger charge is 2.79. The molecule has 0 saturated carbocycles. The van der Waals surface area contributed by atoms with Crippen molar-refractivity contribution in [3.8, 4) is 0 Å². The fraction of sp³-hybridized carbons (Fsp3) is 0.629. The number of carbonyl (C=O) groups excluding carboxylic acids is 3. The fourth-order valence-electron chi connectivity index (χ4n) is 7.95. The third kappa shape index (κ3) is 5.69. The molecule has 0 radical (unpaired) electrons. The lowest BCUT2D eigenvalue weighted by molar-refractivity contribution is -0.151. The van der Waals surface area contributed by atoms with Crippen LogP contribution in [-0.2, 0) is 19.1 Å². The molecule has 1 aromatic carbocycles. The molecule has 0 aliphatic carbocycles. The molecule has 44 heavy (non-hydrogen) atoms. The van der Waals surface area contributed by atoms with Gasteiger partial charge in [0.05, 0.1) is 17.4 Å². The molecule has 3 aliphatic heterocycles. The lowest BCUT2D eigenvalue weighted by Gasteiger charge is -2.37. The van der Waals surface area contributed by atoms with Gasteiger partial charge in [0.25, 0.3) is 5.91 Å². The van der Waals surface area contributed by atoms with Gasteiger partial charge < -0.3 is 29.4 Å². The molecule has 3 saturated heterocycles. The summed E-state index contributed by atoms with van der Waals surface area (Å²) in [4.78, 5) is 51.0. The molecule has 2 unspecified atom stereocenters. The number of carbonyl (C=O) groups is 3. The second-order valence-electron chi connectivity index (χ2n) is 12.3. The first-order valence-electron chi connectivity index (χ1n) is 16.5. The molecule has 3 fully saturated rings. The lowest BCUT2D eigenvalue weighted by atomic mass is 9.64. The van der Waals surface area contributed by atoms with Crippen LogP contribution in [0.15, 0.2) is 49.6 Å². The van der Waals surface area contributed by atoms with Gasteiger partial charge in [0.1, 0.15) is 11.6 Å². The minimum atomic E-state index is -1.10. The van der Waals surface area contributed by atoms with E-state index in [-0.39, 0.29) is 30.9 Å². The maximum absolute atomic E-state index is 14.8. The number of likely N-dealkylation sites (tertiary alicyclic amines) is 1. The van der Waals surface area contributed by atoms with Crippen LogP contribution in [0.4, 0.5) is 11.4 Å². The number of aliphatic hydroxyl groups excluding tert-OH is 1. The summed E-state index contributed by atoms with van der Waals surface area (Å²) in [5.41, 5.74) is -0.102. The van der Waals surface area contributed by atoms with E-state index in [9.17, 15) is 19.5 Å². The van der Waals surface area contributed by atoms with Crippen molar-refractivity contribution in [2.24, 2.45) is 11.8 Å². The largest absolute Gasteiger partial charge is 0.396 e. The van der Waals surface area contributed by atoms with Crippen LogP contribution in [0.3, 0.4) is 0 Å². The van der Waals surface area contributed by atoms with Gasteiger partial charge >= 0.3 is 0 Å². The average Bonchev–Trinajstić information content (AvgIpc) is 3.64. The van der Waals surface area contributed by atoms with Crippen molar-refractivity contribution in [3.05, 3.63) is 49.6 Å². The normalized spacial score (nSPS) is 26.9. The van der Waals surface area contributed by atoms with Crippen LogP contribution in [0.25, 0.3) is 0 Å². The van der Waals surface area contributed by atoms with Crippen LogP contribution in [0.5, 0.6) is 0 Å². The summed E-state index contributed by atoms with van der Waals surface area (Å²) in [6.07, 6.45) is 6.99. The quantitative estimate of drug-likeness (QED) is 0.208. The van der Waals surface area contributed by atoms with Gasteiger partial charge in [0.2, 0.25) is 11.8 Å². The van der Waals surface area contributed by atoms with Crippen LogP contribution < -0.4 is 9.80 Å². The number of benzene rings is 1. The Bertz CT molecular complexity index is 1200. The molecule has 3 amide bonds. The Balaban J connectivity index is 1.78. The fourth-order valence-corrected chi connectivity index (χ4v) is 7.95. The SMILES string of the molecule is C=CCN(CCC)C(=O)[C@H]1[C@H]2C(=O)N(CCCCO)C(C(=O)N(CC=C)c3ccc(N(CC)CC)cc3)C23CC[C@]1(CC)O3. The Morgan fingerprint density at radius 2 is 1.66 bits per heavy atom. The summed E-state index contributed by atoms with van der Waals surface area (Å²) < 4.78 is 6.98. The summed E-state index contributed by atoms with van der Waals surface area (Å²) in [6.45, 7) is 19.3.